The monoisotopic (exact) mass is 236 g/mol. The van der Waals surface area contributed by atoms with Crippen molar-refractivity contribution < 1.29 is 4.79 Å². The summed E-state index contributed by atoms with van der Waals surface area (Å²) in [5.74, 6) is 0. The Morgan fingerprint density at radius 1 is 1.31 bits per heavy atom. The van der Waals surface area contributed by atoms with Crippen molar-refractivity contribution in [3.8, 4) is 11.3 Å². The van der Waals surface area contributed by atoms with Crippen LogP contribution in [0.3, 0.4) is 0 Å². The summed E-state index contributed by atoms with van der Waals surface area (Å²) in [6, 6.07) is 6.91. The van der Waals surface area contributed by atoms with E-state index in [2.05, 4.69) is 5.10 Å². The van der Waals surface area contributed by atoms with Crippen LogP contribution in [-0.4, -0.2) is 16.1 Å². The molecule has 1 aromatic carbocycles. The number of benzene rings is 1. The fourth-order valence-corrected chi connectivity index (χ4v) is 1.64. The van der Waals surface area contributed by atoms with Crippen LogP contribution < -0.4 is 5.56 Å². The molecule has 1 aromatic heterocycles. The number of nitrogens with one attached hydrogen (secondary N) is 1. The summed E-state index contributed by atoms with van der Waals surface area (Å²) in [5.41, 5.74) is 1.06. The zero-order valence-corrected chi connectivity index (χ0v) is 9.28. The van der Waals surface area contributed by atoms with Gasteiger partial charge in [0.2, 0.25) is 0 Å². The number of aromatic nitrogens is 2. The van der Waals surface area contributed by atoms with Crippen molar-refractivity contribution in [2.45, 2.75) is 0 Å². The van der Waals surface area contributed by atoms with Crippen molar-refractivity contribution in [2.24, 2.45) is 7.05 Å². The molecule has 0 radical (unpaired) electrons. The van der Waals surface area contributed by atoms with Crippen LogP contribution in [0, 0.1) is 0 Å². The van der Waals surface area contributed by atoms with E-state index in [0.29, 0.717) is 17.0 Å². The van der Waals surface area contributed by atoms with Crippen molar-refractivity contribution in [2.75, 3.05) is 0 Å². The van der Waals surface area contributed by atoms with E-state index < -0.39 is 0 Å². The first-order chi connectivity index (χ1) is 7.63. The Kier molecular flexibility index (Phi) is 2.66. The quantitative estimate of drug-likeness (QED) is 0.809. The number of aromatic amines is 1. The van der Waals surface area contributed by atoms with E-state index in [-0.39, 0.29) is 11.1 Å². The highest BCUT2D eigenvalue weighted by Gasteiger charge is 2.12. The Morgan fingerprint density at radius 3 is 2.50 bits per heavy atom. The van der Waals surface area contributed by atoms with Gasteiger partial charge < -0.3 is 0 Å². The molecule has 0 spiro atoms. The molecule has 82 valence electrons. The molecule has 2 rings (SSSR count). The SMILES string of the molecule is Cn1[nH]c(-c2ccc(Cl)cc2)c(C=O)c1=O. The van der Waals surface area contributed by atoms with Gasteiger partial charge in [-0.05, 0) is 12.1 Å². The first-order valence-corrected chi connectivity index (χ1v) is 5.01. The van der Waals surface area contributed by atoms with Gasteiger partial charge in [0, 0.05) is 17.6 Å². The molecule has 4 nitrogen and oxygen atoms in total. The topological polar surface area (TPSA) is 54.9 Å². The predicted octanol–water partition coefficient (Wildman–Crippen LogP) is 1.85. The molecule has 1 N–H and O–H groups in total. The van der Waals surface area contributed by atoms with Crippen molar-refractivity contribution in [3.05, 3.63) is 45.2 Å². The van der Waals surface area contributed by atoms with Gasteiger partial charge in [-0.3, -0.25) is 19.4 Å². The summed E-state index contributed by atoms with van der Waals surface area (Å²) in [5, 5.41) is 3.44. The van der Waals surface area contributed by atoms with Crippen LogP contribution in [0.15, 0.2) is 29.1 Å². The van der Waals surface area contributed by atoms with Crippen LogP contribution in [0.25, 0.3) is 11.3 Å². The van der Waals surface area contributed by atoms with E-state index in [9.17, 15) is 9.59 Å². The van der Waals surface area contributed by atoms with E-state index in [0.717, 1.165) is 5.56 Å². The highest BCUT2D eigenvalue weighted by molar-refractivity contribution is 6.30. The number of carbonyl (C=O) groups is 1. The van der Waals surface area contributed by atoms with E-state index in [1.54, 1.807) is 31.3 Å². The summed E-state index contributed by atoms with van der Waals surface area (Å²) in [6.45, 7) is 0. The molecule has 5 heteroatoms. The maximum atomic E-state index is 11.5. The molecule has 0 aliphatic rings. The number of aryl methyl sites for hydroxylation is 1. The lowest BCUT2D eigenvalue weighted by atomic mass is 10.1. The minimum absolute atomic E-state index is 0.129. The molecular weight excluding hydrogens is 228 g/mol. The van der Waals surface area contributed by atoms with Crippen LogP contribution in [-0.2, 0) is 7.05 Å². The number of hydrogen-bond acceptors (Lipinski definition) is 2. The average Bonchev–Trinajstić information content (AvgIpc) is 2.56. The molecular formula is C11H9ClN2O2. The molecule has 0 aliphatic heterocycles. The number of halogens is 1. The lowest BCUT2D eigenvalue weighted by Crippen LogP contribution is -2.14. The molecule has 0 aliphatic carbocycles. The predicted molar refractivity (Wildman–Crippen MR) is 61.9 cm³/mol. The fraction of sp³-hybridized carbons (Fsp3) is 0.0909. The van der Waals surface area contributed by atoms with Gasteiger partial charge in [-0.25, -0.2) is 0 Å². The minimum Gasteiger partial charge on any atom is -0.298 e. The Bertz CT molecular complexity index is 581. The Hall–Kier alpha value is -1.81. The highest BCUT2D eigenvalue weighted by atomic mass is 35.5. The van der Waals surface area contributed by atoms with Crippen LogP contribution in [0.1, 0.15) is 10.4 Å². The average molecular weight is 237 g/mol. The number of hydrogen-bond donors (Lipinski definition) is 1. The van der Waals surface area contributed by atoms with Crippen LogP contribution in [0.2, 0.25) is 5.02 Å². The summed E-state index contributed by atoms with van der Waals surface area (Å²) < 4.78 is 1.27. The number of H-pyrrole nitrogens is 1. The number of rotatable bonds is 2. The number of aldehydes is 1. The maximum absolute atomic E-state index is 11.5. The lowest BCUT2D eigenvalue weighted by molar-refractivity contribution is 0.112. The second kappa shape index (κ2) is 3.98. The van der Waals surface area contributed by atoms with Gasteiger partial charge in [0.15, 0.2) is 6.29 Å². The second-order valence-corrected chi connectivity index (χ2v) is 3.83. The molecule has 0 saturated carbocycles. The zero-order chi connectivity index (χ0) is 11.7. The van der Waals surface area contributed by atoms with Gasteiger partial charge in [0.25, 0.3) is 5.56 Å². The highest BCUT2D eigenvalue weighted by Crippen LogP contribution is 2.20. The summed E-state index contributed by atoms with van der Waals surface area (Å²) >= 11 is 5.76. The Balaban J connectivity index is 2.64. The molecule has 0 amide bonds. The third kappa shape index (κ3) is 1.67. The molecule has 0 saturated heterocycles. The molecule has 0 bridgehead atoms. The van der Waals surface area contributed by atoms with Crippen LogP contribution in [0.5, 0.6) is 0 Å². The smallest absolute Gasteiger partial charge is 0.277 e. The maximum Gasteiger partial charge on any atom is 0.277 e. The van der Waals surface area contributed by atoms with Gasteiger partial charge >= 0.3 is 0 Å². The molecule has 0 fully saturated rings. The number of carbonyl (C=O) groups excluding carboxylic acids is 1. The molecule has 0 atom stereocenters. The van der Waals surface area contributed by atoms with Crippen molar-refractivity contribution in [3.63, 3.8) is 0 Å². The van der Waals surface area contributed by atoms with Gasteiger partial charge in [0.05, 0.1) is 5.69 Å². The van der Waals surface area contributed by atoms with Crippen molar-refractivity contribution >= 4 is 17.9 Å². The molecule has 16 heavy (non-hydrogen) atoms. The Morgan fingerprint density at radius 2 is 1.94 bits per heavy atom. The van der Waals surface area contributed by atoms with Gasteiger partial charge in [-0.1, -0.05) is 23.7 Å². The van der Waals surface area contributed by atoms with Crippen molar-refractivity contribution in [1.82, 2.24) is 9.78 Å². The molecule has 1 heterocycles. The largest absolute Gasteiger partial charge is 0.298 e. The van der Waals surface area contributed by atoms with Gasteiger partial charge in [-0.15, -0.1) is 0 Å². The lowest BCUT2D eigenvalue weighted by Gasteiger charge is -1.98. The van der Waals surface area contributed by atoms with E-state index in [4.69, 9.17) is 11.6 Å². The summed E-state index contributed by atoms with van der Waals surface area (Å²) in [4.78, 5) is 22.4. The summed E-state index contributed by atoms with van der Waals surface area (Å²) in [6.07, 6.45) is 0.558. The van der Waals surface area contributed by atoms with Gasteiger partial charge in [-0.2, -0.15) is 0 Å². The summed E-state index contributed by atoms with van der Waals surface area (Å²) in [7, 11) is 1.56. The minimum atomic E-state index is -0.333. The van der Waals surface area contributed by atoms with Crippen LogP contribution in [0.4, 0.5) is 0 Å². The number of nitrogens with zero attached hydrogens (tertiary/aromatic N) is 1. The van der Waals surface area contributed by atoms with E-state index in [1.165, 1.54) is 4.68 Å². The third-order valence-corrected chi connectivity index (χ3v) is 2.59. The standard InChI is InChI=1S/C11H9ClN2O2/c1-14-11(16)9(6-15)10(13-14)7-2-4-8(12)5-3-7/h2-6,13H,1H3. The second-order valence-electron chi connectivity index (χ2n) is 3.39. The fourth-order valence-electron chi connectivity index (χ4n) is 1.51. The molecule has 0 unspecified atom stereocenters. The Labute approximate surface area is 96.5 Å². The molecule has 2 aromatic rings. The van der Waals surface area contributed by atoms with Crippen LogP contribution >= 0.6 is 11.6 Å². The first kappa shape index (κ1) is 10.7. The van der Waals surface area contributed by atoms with E-state index in [1.807, 2.05) is 0 Å². The van der Waals surface area contributed by atoms with Crippen molar-refractivity contribution in [1.29, 1.82) is 0 Å². The van der Waals surface area contributed by atoms with E-state index >= 15 is 0 Å². The first-order valence-electron chi connectivity index (χ1n) is 4.63. The zero-order valence-electron chi connectivity index (χ0n) is 8.53. The normalized spacial score (nSPS) is 10.4. The third-order valence-electron chi connectivity index (χ3n) is 2.33. The van der Waals surface area contributed by atoms with Gasteiger partial charge in [0.1, 0.15) is 5.56 Å².